The van der Waals surface area contributed by atoms with Gasteiger partial charge in [0.2, 0.25) is 17.8 Å². The molecule has 3 N–H and O–H groups in total. The van der Waals surface area contributed by atoms with Crippen LogP contribution in [0.2, 0.25) is 0 Å². The van der Waals surface area contributed by atoms with Gasteiger partial charge in [0, 0.05) is 61.5 Å². The Hall–Kier alpha value is -5.14. The fourth-order valence-corrected chi connectivity index (χ4v) is 7.30. The molecule has 0 spiro atoms. The molecule has 2 aromatic heterocycles. The van der Waals surface area contributed by atoms with Crippen molar-refractivity contribution in [1.82, 2.24) is 29.7 Å². The van der Waals surface area contributed by atoms with Crippen LogP contribution in [0, 0.1) is 12.8 Å². The van der Waals surface area contributed by atoms with Gasteiger partial charge in [0.25, 0.3) is 17.4 Å². The summed E-state index contributed by atoms with van der Waals surface area (Å²) in [4.78, 5) is 88.4. The van der Waals surface area contributed by atoms with Crippen molar-refractivity contribution in [3.63, 3.8) is 0 Å². The maximum absolute atomic E-state index is 13.4. The number of carbonyl (C=O) groups excluding carboxylic acids is 5. The van der Waals surface area contributed by atoms with E-state index in [1.807, 2.05) is 17.6 Å². The van der Waals surface area contributed by atoms with Crippen molar-refractivity contribution < 1.29 is 24.0 Å². The molecule has 0 radical (unpaired) electrons. The molecule has 3 unspecified atom stereocenters. The number of benzene rings is 1. The molecule has 1 aliphatic carbocycles. The number of anilines is 2. The van der Waals surface area contributed by atoms with Gasteiger partial charge in [-0.15, -0.1) is 0 Å². The van der Waals surface area contributed by atoms with Crippen molar-refractivity contribution >= 4 is 52.6 Å². The van der Waals surface area contributed by atoms with Crippen LogP contribution in [0.25, 0.3) is 11.0 Å². The van der Waals surface area contributed by atoms with Crippen molar-refractivity contribution in [1.29, 1.82) is 0 Å². The van der Waals surface area contributed by atoms with Crippen molar-refractivity contribution in [2.24, 2.45) is 5.92 Å². The number of pyridine rings is 1. The van der Waals surface area contributed by atoms with Gasteiger partial charge in [-0.3, -0.25) is 33.4 Å². The van der Waals surface area contributed by atoms with Crippen molar-refractivity contribution in [3.05, 3.63) is 57.5 Å². The van der Waals surface area contributed by atoms with Gasteiger partial charge in [-0.25, -0.2) is 4.98 Å². The first-order chi connectivity index (χ1) is 23.6. The van der Waals surface area contributed by atoms with Gasteiger partial charge >= 0.3 is 0 Å². The number of aryl methyl sites for hydroxylation is 1. The minimum Gasteiger partial charge on any atom is -0.375 e. The molecule has 4 heterocycles. The monoisotopic (exact) mass is 670 g/mol. The summed E-state index contributed by atoms with van der Waals surface area (Å²) >= 11 is 0. The number of aromatic nitrogens is 3. The Morgan fingerprint density at radius 2 is 1.86 bits per heavy atom. The number of rotatable bonds is 11. The van der Waals surface area contributed by atoms with Crippen LogP contribution < -0.4 is 21.5 Å². The fraction of sp³-hybridized carbons (Fsp3) is 0.486. The summed E-state index contributed by atoms with van der Waals surface area (Å²) in [5.74, 6) is -0.863. The normalized spacial score (nSPS) is 20.0. The first-order valence-corrected chi connectivity index (χ1v) is 16.9. The lowest BCUT2D eigenvalue weighted by molar-refractivity contribution is -0.130. The molecule has 6 rings (SSSR count). The smallest absolute Gasteiger partial charge is 0.264 e. The van der Waals surface area contributed by atoms with E-state index in [0.717, 1.165) is 29.5 Å². The molecule has 3 atom stereocenters. The largest absolute Gasteiger partial charge is 0.375 e. The number of hydrogen-bond donors (Lipinski definition) is 3. The molecule has 3 aromatic rings. The zero-order valence-electron chi connectivity index (χ0n) is 28.0. The molecule has 2 aliphatic heterocycles. The fourth-order valence-electron chi connectivity index (χ4n) is 7.30. The number of nitrogens with one attached hydrogen (secondary N) is 3. The first-order valence-electron chi connectivity index (χ1n) is 16.9. The van der Waals surface area contributed by atoms with Crippen molar-refractivity contribution in [3.8, 4) is 0 Å². The zero-order valence-corrected chi connectivity index (χ0v) is 28.0. The number of imide groups is 1. The number of nitrogens with zero attached hydrogens (tertiary/aromatic N) is 5. The van der Waals surface area contributed by atoms with E-state index in [2.05, 4.69) is 27.9 Å². The summed E-state index contributed by atoms with van der Waals surface area (Å²) < 4.78 is 1.86. The summed E-state index contributed by atoms with van der Waals surface area (Å²) in [7, 11) is 1.47. The van der Waals surface area contributed by atoms with Gasteiger partial charge in [0.15, 0.2) is 0 Å². The Bertz CT molecular complexity index is 1870. The molecule has 14 nitrogen and oxygen atoms in total. The summed E-state index contributed by atoms with van der Waals surface area (Å²) in [6.07, 6.45) is 6.71. The molecular weight excluding hydrogens is 628 g/mol. The maximum atomic E-state index is 13.4. The van der Waals surface area contributed by atoms with Gasteiger partial charge in [-0.2, -0.15) is 4.98 Å². The standard InChI is InChI=1S/C35H42N8O6/c1-20-6-4-9-27(20)43-31-22(16-21(2)32(43)47)17-38-35(40-31)39-23-12-14-41(15-13-23)29(46)18-37-26-8-5-7-25-30(26)34(49)42(33(25)48)24(19-44)10-11-28(45)36-3/h5,7-8,16-17,19-20,23-24,27,37H,4,6,9-15,18H2,1-3H3,(H,36,45)(H,38,39,40). The van der Waals surface area contributed by atoms with E-state index in [9.17, 15) is 28.8 Å². The second kappa shape index (κ2) is 14.1. The highest BCUT2D eigenvalue weighted by molar-refractivity contribution is 6.24. The van der Waals surface area contributed by atoms with Gasteiger partial charge in [0.1, 0.15) is 11.9 Å². The molecule has 49 heavy (non-hydrogen) atoms. The van der Waals surface area contributed by atoms with Crippen LogP contribution in [-0.2, 0) is 14.4 Å². The van der Waals surface area contributed by atoms with E-state index < -0.39 is 17.9 Å². The number of aldehydes is 1. The topological polar surface area (TPSA) is 176 Å². The third kappa shape index (κ3) is 6.63. The molecule has 1 aromatic carbocycles. The van der Waals surface area contributed by atoms with E-state index in [0.29, 0.717) is 61.0 Å². The van der Waals surface area contributed by atoms with E-state index in [1.54, 1.807) is 23.2 Å². The van der Waals surface area contributed by atoms with Crippen LogP contribution in [0.1, 0.15) is 84.2 Å². The number of amides is 4. The average molecular weight is 671 g/mol. The van der Waals surface area contributed by atoms with E-state index in [-0.39, 0.29) is 60.0 Å². The summed E-state index contributed by atoms with van der Waals surface area (Å²) in [6, 6.07) is 5.65. The van der Waals surface area contributed by atoms with E-state index >= 15 is 0 Å². The predicted molar refractivity (Wildman–Crippen MR) is 182 cm³/mol. The molecule has 14 heteroatoms. The number of fused-ring (bicyclic) bond motifs is 2. The van der Waals surface area contributed by atoms with Crippen LogP contribution in [0.15, 0.2) is 35.3 Å². The Morgan fingerprint density at radius 1 is 1.08 bits per heavy atom. The lowest BCUT2D eigenvalue weighted by Crippen LogP contribution is -2.44. The summed E-state index contributed by atoms with van der Waals surface area (Å²) in [5, 5.41) is 9.74. The van der Waals surface area contributed by atoms with Crippen LogP contribution in [0.3, 0.4) is 0 Å². The molecule has 0 bridgehead atoms. The molecule has 258 valence electrons. The zero-order chi connectivity index (χ0) is 34.8. The number of carbonyl (C=O) groups is 5. The molecule has 1 saturated carbocycles. The van der Waals surface area contributed by atoms with E-state index in [4.69, 9.17) is 4.98 Å². The predicted octanol–water partition coefficient (Wildman–Crippen LogP) is 2.67. The van der Waals surface area contributed by atoms with E-state index in [1.165, 1.54) is 13.1 Å². The summed E-state index contributed by atoms with van der Waals surface area (Å²) in [5.41, 5.74) is 1.89. The highest BCUT2D eigenvalue weighted by atomic mass is 16.2. The first kappa shape index (κ1) is 33.7. The number of piperidine rings is 1. The highest BCUT2D eigenvalue weighted by Crippen LogP contribution is 2.36. The quantitative estimate of drug-likeness (QED) is 0.203. The lowest BCUT2D eigenvalue weighted by Gasteiger charge is -2.32. The molecule has 4 amide bonds. The average Bonchev–Trinajstić information content (AvgIpc) is 3.64. The molecule has 3 aliphatic rings. The molecular formula is C35H42N8O6. The molecule has 2 fully saturated rings. The second-order valence-corrected chi connectivity index (χ2v) is 13.2. The second-order valence-electron chi connectivity index (χ2n) is 13.2. The number of hydrogen-bond acceptors (Lipinski definition) is 10. The SMILES string of the molecule is CNC(=O)CCC(C=O)N1C(=O)c2cccc(NCC(=O)N3CCC(Nc4ncc5cc(C)c(=O)n(C6CCCC6C)c5n4)CC3)c2C1=O. The van der Waals surface area contributed by atoms with Crippen molar-refractivity contribution in [2.45, 2.75) is 76.9 Å². The van der Waals surface area contributed by atoms with Crippen LogP contribution in [-0.4, -0.2) is 93.0 Å². The summed E-state index contributed by atoms with van der Waals surface area (Å²) in [6.45, 7) is 4.93. The van der Waals surface area contributed by atoms with Crippen LogP contribution >= 0.6 is 0 Å². The third-order valence-corrected chi connectivity index (χ3v) is 10.1. The Morgan fingerprint density at radius 3 is 2.55 bits per heavy atom. The van der Waals surface area contributed by atoms with Crippen LogP contribution in [0.4, 0.5) is 11.6 Å². The third-order valence-electron chi connectivity index (χ3n) is 10.1. The van der Waals surface area contributed by atoms with Gasteiger partial charge in [-0.1, -0.05) is 19.4 Å². The van der Waals surface area contributed by atoms with Gasteiger partial charge < -0.3 is 25.6 Å². The minimum atomic E-state index is -1.08. The van der Waals surface area contributed by atoms with Gasteiger partial charge in [-0.05, 0) is 63.1 Å². The Balaban J connectivity index is 1.07. The highest BCUT2D eigenvalue weighted by Gasteiger charge is 2.41. The van der Waals surface area contributed by atoms with Crippen LogP contribution in [0.5, 0.6) is 0 Å². The number of likely N-dealkylation sites (tertiary alicyclic amines) is 1. The van der Waals surface area contributed by atoms with Gasteiger partial charge in [0.05, 0.1) is 23.7 Å². The molecule has 1 saturated heterocycles. The maximum Gasteiger partial charge on any atom is 0.264 e. The Kier molecular flexibility index (Phi) is 9.74. The van der Waals surface area contributed by atoms with Crippen molar-refractivity contribution in [2.75, 3.05) is 37.3 Å². The Labute approximate surface area is 283 Å². The lowest BCUT2D eigenvalue weighted by atomic mass is 10.0. The minimum absolute atomic E-state index is 0.00638.